The average molecular weight is 315 g/mol. The molecule has 7 nitrogen and oxygen atoms in total. The molecule has 120 valence electrons. The summed E-state index contributed by atoms with van der Waals surface area (Å²) < 4.78 is 6.87. The van der Waals surface area contributed by atoms with Gasteiger partial charge in [0.25, 0.3) is 5.91 Å². The normalized spacial score (nSPS) is 18.0. The molecule has 1 unspecified atom stereocenters. The highest BCUT2D eigenvalue weighted by Gasteiger charge is 2.33. The quantitative estimate of drug-likeness (QED) is 0.917. The van der Waals surface area contributed by atoms with E-state index in [9.17, 15) is 14.7 Å². The predicted octanol–water partition coefficient (Wildman–Crippen LogP) is 1.11. The highest BCUT2D eigenvalue weighted by Crippen LogP contribution is 2.15. The maximum absolute atomic E-state index is 12.6. The minimum Gasteiger partial charge on any atom is -0.480 e. The number of carboxylic acids is 1. The Morgan fingerprint density at radius 3 is 2.65 bits per heavy atom. The van der Waals surface area contributed by atoms with Gasteiger partial charge in [0, 0.05) is 18.3 Å². The zero-order chi connectivity index (χ0) is 16.4. The fourth-order valence-corrected chi connectivity index (χ4v) is 2.53. The molecule has 1 fully saturated rings. The molecule has 0 radical (unpaired) electrons. The number of benzene rings is 1. The van der Waals surface area contributed by atoms with Gasteiger partial charge in [0.2, 0.25) is 0 Å². The number of aliphatic carboxylic acids is 1. The summed E-state index contributed by atoms with van der Waals surface area (Å²) in [5, 5.41) is 13.4. The molecule has 23 heavy (non-hydrogen) atoms. The van der Waals surface area contributed by atoms with Gasteiger partial charge in [0.1, 0.15) is 0 Å². The van der Waals surface area contributed by atoms with Crippen LogP contribution in [0.15, 0.2) is 36.7 Å². The van der Waals surface area contributed by atoms with Crippen molar-refractivity contribution in [3.05, 3.63) is 47.8 Å². The maximum atomic E-state index is 12.6. The molecule has 1 aromatic carbocycles. The predicted molar refractivity (Wildman–Crippen MR) is 81.6 cm³/mol. The van der Waals surface area contributed by atoms with Crippen LogP contribution in [0.25, 0.3) is 5.69 Å². The van der Waals surface area contributed by atoms with Crippen LogP contribution in [-0.4, -0.2) is 57.5 Å². The zero-order valence-electron chi connectivity index (χ0n) is 12.7. The van der Waals surface area contributed by atoms with Crippen molar-refractivity contribution in [1.82, 2.24) is 14.7 Å². The largest absolute Gasteiger partial charge is 0.480 e. The molecule has 0 saturated carbocycles. The van der Waals surface area contributed by atoms with Crippen LogP contribution < -0.4 is 0 Å². The van der Waals surface area contributed by atoms with E-state index in [2.05, 4.69) is 5.10 Å². The van der Waals surface area contributed by atoms with Gasteiger partial charge in [-0.3, -0.25) is 4.79 Å². The number of morpholine rings is 1. The number of hydrogen-bond donors (Lipinski definition) is 1. The number of aromatic nitrogens is 2. The first-order valence-corrected chi connectivity index (χ1v) is 7.29. The van der Waals surface area contributed by atoms with Gasteiger partial charge in [0.05, 0.1) is 25.1 Å². The highest BCUT2D eigenvalue weighted by atomic mass is 16.5. The third kappa shape index (κ3) is 3.09. The molecule has 1 atom stereocenters. The van der Waals surface area contributed by atoms with Crippen LogP contribution in [-0.2, 0) is 9.53 Å². The van der Waals surface area contributed by atoms with E-state index in [1.54, 1.807) is 35.1 Å². The minimum atomic E-state index is -1.05. The van der Waals surface area contributed by atoms with Crippen molar-refractivity contribution in [2.24, 2.45) is 0 Å². The van der Waals surface area contributed by atoms with Crippen molar-refractivity contribution in [1.29, 1.82) is 0 Å². The molecule has 7 heteroatoms. The monoisotopic (exact) mass is 315 g/mol. The summed E-state index contributed by atoms with van der Waals surface area (Å²) in [5.74, 6) is -1.36. The van der Waals surface area contributed by atoms with E-state index in [4.69, 9.17) is 4.74 Å². The van der Waals surface area contributed by atoms with Crippen molar-refractivity contribution in [3.8, 4) is 5.69 Å². The second-order valence-electron chi connectivity index (χ2n) is 5.44. The standard InChI is InChI=1S/C16H17N3O4/c1-11-8-17-19(9-11)13-4-2-12(3-5-13)15(20)18-6-7-23-10-14(18)16(21)22/h2-5,8-9,14H,6-7,10H2,1H3,(H,21,22). The Balaban J connectivity index is 1.80. The van der Waals surface area contributed by atoms with E-state index in [1.807, 2.05) is 13.1 Å². The van der Waals surface area contributed by atoms with E-state index >= 15 is 0 Å². The van der Waals surface area contributed by atoms with Crippen LogP contribution in [0.4, 0.5) is 0 Å². The fraction of sp³-hybridized carbons (Fsp3) is 0.312. The van der Waals surface area contributed by atoms with E-state index in [-0.39, 0.29) is 19.1 Å². The van der Waals surface area contributed by atoms with Crippen LogP contribution in [0.3, 0.4) is 0 Å². The summed E-state index contributed by atoms with van der Waals surface area (Å²) in [4.78, 5) is 25.2. The fourth-order valence-electron chi connectivity index (χ4n) is 2.53. The van der Waals surface area contributed by atoms with Gasteiger partial charge in [-0.05, 0) is 36.8 Å². The second-order valence-corrected chi connectivity index (χ2v) is 5.44. The third-order valence-electron chi connectivity index (χ3n) is 3.76. The average Bonchev–Trinajstić information content (AvgIpc) is 3.01. The van der Waals surface area contributed by atoms with Crippen molar-refractivity contribution in [2.45, 2.75) is 13.0 Å². The Labute approximate surface area is 133 Å². The lowest BCUT2D eigenvalue weighted by Crippen LogP contribution is -2.52. The zero-order valence-corrected chi connectivity index (χ0v) is 12.7. The van der Waals surface area contributed by atoms with Gasteiger partial charge < -0.3 is 14.7 Å². The van der Waals surface area contributed by atoms with Crippen LogP contribution in [0, 0.1) is 6.92 Å². The van der Waals surface area contributed by atoms with Crippen LogP contribution >= 0.6 is 0 Å². The number of ether oxygens (including phenoxy) is 1. The number of rotatable bonds is 3. The summed E-state index contributed by atoms with van der Waals surface area (Å²) in [6.07, 6.45) is 3.64. The molecule has 2 heterocycles. The summed E-state index contributed by atoms with van der Waals surface area (Å²) in [7, 11) is 0. The first-order valence-electron chi connectivity index (χ1n) is 7.29. The molecule has 1 aliphatic rings. The highest BCUT2D eigenvalue weighted by molar-refractivity contribution is 5.96. The van der Waals surface area contributed by atoms with Crippen LogP contribution in [0.5, 0.6) is 0 Å². The van der Waals surface area contributed by atoms with E-state index in [1.165, 1.54) is 4.90 Å². The first kappa shape index (κ1) is 15.2. The Kier molecular flexibility index (Phi) is 4.12. The van der Waals surface area contributed by atoms with Crippen molar-refractivity contribution in [3.63, 3.8) is 0 Å². The van der Waals surface area contributed by atoms with Gasteiger partial charge >= 0.3 is 5.97 Å². The lowest BCUT2D eigenvalue weighted by atomic mass is 10.1. The molecule has 1 aromatic heterocycles. The number of carboxylic acid groups (broad SMARTS) is 1. The number of amides is 1. The number of nitrogens with zero attached hydrogens (tertiary/aromatic N) is 3. The van der Waals surface area contributed by atoms with Gasteiger partial charge in [-0.15, -0.1) is 0 Å². The molecule has 1 saturated heterocycles. The summed E-state index contributed by atoms with van der Waals surface area (Å²) in [6, 6.07) is 6.00. The lowest BCUT2D eigenvalue weighted by molar-refractivity contribution is -0.147. The van der Waals surface area contributed by atoms with Gasteiger partial charge in [-0.2, -0.15) is 5.10 Å². The van der Waals surface area contributed by atoms with E-state index in [0.29, 0.717) is 12.2 Å². The number of carbonyl (C=O) groups excluding carboxylic acids is 1. The summed E-state index contributed by atoms with van der Waals surface area (Å²) in [6.45, 7) is 2.59. The summed E-state index contributed by atoms with van der Waals surface area (Å²) in [5.41, 5.74) is 2.33. The van der Waals surface area contributed by atoms with Gasteiger partial charge in [-0.25, -0.2) is 9.48 Å². The summed E-state index contributed by atoms with van der Waals surface area (Å²) >= 11 is 0. The second kappa shape index (κ2) is 6.21. The molecule has 2 aromatic rings. The Morgan fingerprint density at radius 1 is 1.30 bits per heavy atom. The number of aryl methyl sites for hydroxylation is 1. The third-order valence-corrected chi connectivity index (χ3v) is 3.76. The maximum Gasteiger partial charge on any atom is 0.328 e. The van der Waals surface area contributed by atoms with Gasteiger partial charge in [-0.1, -0.05) is 0 Å². The molecule has 3 rings (SSSR count). The van der Waals surface area contributed by atoms with Crippen LogP contribution in [0.1, 0.15) is 15.9 Å². The minimum absolute atomic E-state index is 0.0196. The molecular formula is C16H17N3O4. The molecule has 0 spiro atoms. The molecule has 0 aliphatic carbocycles. The molecule has 0 bridgehead atoms. The van der Waals surface area contributed by atoms with Crippen molar-refractivity contribution >= 4 is 11.9 Å². The van der Waals surface area contributed by atoms with Gasteiger partial charge in [0.15, 0.2) is 6.04 Å². The Hall–Kier alpha value is -2.67. The smallest absolute Gasteiger partial charge is 0.328 e. The molecular weight excluding hydrogens is 298 g/mol. The number of hydrogen-bond acceptors (Lipinski definition) is 4. The Bertz CT molecular complexity index is 723. The van der Waals surface area contributed by atoms with E-state index in [0.717, 1.165) is 11.3 Å². The SMILES string of the molecule is Cc1cnn(-c2ccc(C(=O)N3CCOCC3C(=O)O)cc2)c1. The number of carbonyl (C=O) groups is 2. The Morgan fingerprint density at radius 2 is 2.04 bits per heavy atom. The van der Waals surface area contributed by atoms with Crippen molar-refractivity contribution in [2.75, 3.05) is 19.8 Å². The molecule has 1 amide bonds. The molecule has 1 aliphatic heterocycles. The lowest BCUT2D eigenvalue weighted by Gasteiger charge is -2.32. The molecule has 1 N–H and O–H groups in total. The van der Waals surface area contributed by atoms with Crippen LogP contribution in [0.2, 0.25) is 0 Å². The topological polar surface area (TPSA) is 84.7 Å². The van der Waals surface area contributed by atoms with Crippen molar-refractivity contribution < 1.29 is 19.4 Å². The first-order chi connectivity index (χ1) is 11.1. The van der Waals surface area contributed by atoms with E-state index < -0.39 is 12.0 Å².